The molecule has 42 heavy (non-hydrogen) atoms. The zero-order valence-corrected chi connectivity index (χ0v) is 26.7. The van der Waals surface area contributed by atoms with E-state index in [0.717, 1.165) is 81.9 Å². The minimum absolute atomic E-state index is 0.223. The number of piperazine rings is 1. The maximum atomic E-state index is 6.57. The van der Waals surface area contributed by atoms with Gasteiger partial charge in [0, 0.05) is 70.0 Å². The number of aromatic nitrogens is 2. The number of hydrogen-bond acceptors (Lipinski definition) is 7. The Morgan fingerprint density at radius 1 is 0.929 bits per heavy atom. The second kappa shape index (κ2) is 15.9. The predicted octanol–water partition coefficient (Wildman–Crippen LogP) is 5.45. The molecule has 0 saturated carbocycles. The fourth-order valence-corrected chi connectivity index (χ4v) is 5.95. The molecule has 1 aromatic carbocycles. The highest BCUT2D eigenvalue weighted by molar-refractivity contribution is 6.31. The lowest BCUT2D eigenvalue weighted by atomic mass is 9.94. The first kappa shape index (κ1) is 31.8. The Morgan fingerprint density at radius 3 is 2.55 bits per heavy atom. The number of allylic oxidation sites excluding steroid dienone is 3. The third kappa shape index (κ3) is 7.61. The molecule has 2 saturated heterocycles. The maximum absolute atomic E-state index is 6.57. The van der Waals surface area contributed by atoms with Crippen LogP contribution in [0.25, 0.3) is 12.2 Å². The SMILES string of the molecule is CC.CC.CC1CN(C2=C(Cl)C=CCC=N2)CCN1c1cc(C2C=c3ccccc3=CC2)nc(N2CCCOCC2)n1. The Labute approximate surface area is 257 Å². The normalized spacial score (nSPS) is 21.9. The number of benzene rings is 1. The maximum Gasteiger partial charge on any atom is 0.227 e. The minimum atomic E-state index is 0.223. The van der Waals surface area contributed by atoms with Crippen molar-refractivity contribution in [3.05, 3.63) is 69.5 Å². The van der Waals surface area contributed by atoms with E-state index in [9.17, 15) is 0 Å². The smallest absolute Gasteiger partial charge is 0.227 e. The van der Waals surface area contributed by atoms with Crippen molar-refractivity contribution in [2.75, 3.05) is 55.7 Å². The third-order valence-electron chi connectivity index (χ3n) is 7.73. The lowest BCUT2D eigenvalue weighted by Gasteiger charge is -2.42. The van der Waals surface area contributed by atoms with Crippen LogP contribution >= 0.6 is 11.6 Å². The summed E-state index contributed by atoms with van der Waals surface area (Å²) in [7, 11) is 0. The van der Waals surface area contributed by atoms with Gasteiger partial charge in [0.1, 0.15) is 11.6 Å². The van der Waals surface area contributed by atoms with Crippen LogP contribution in [0.3, 0.4) is 0 Å². The first-order valence-electron chi connectivity index (χ1n) is 15.7. The molecule has 0 amide bonds. The number of anilines is 2. The third-order valence-corrected chi connectivity index (χ3v) is 8.02. The van der Waals surface area contributed by atoms with Gasteiger partial charge in [0.05, 0.1) is 17.3 Å². The predicted molar refractivity (Wildman–Crippen MR) is 178 cm³/mol. The summed E-state index contributed by atoms with van der Waals surface area (Å²) in [6.45, 7) is 16.0. The molecule has 6 rings (SSSR count). The molecule has 2 aromatic rings. The molecule has 8 heteroatoms. The summed E-state index contributed by atoms with van der Waals surface area (Å²) < 4.78 is 5.73. The minimum Gasteiger partial charge on any atom is -0.380 e. The van der Waals surface area contributed by atoms with E-state index >= 15 is 0 Å². The van der Waals surface area contributed by atoms with Crippen molar-refractivity contribution in [3.8, 4) is 0 Å². The molecular weight excluding hydrogens is 544 g/mol. The van der Waals surface area contributed by atoms with E-state index < -0.39 is 0 Å². The molecular formula is C34H47ClN6O. The van der Waals surface area contributed by atoms with Gasteiger partial charge in [-0.15, -0.1) is 0 Å². The van der Waals surface area contributed by atoms with Crippen molar-refractivity contribution in [1.29, 1.82) is 0 Å². The second-order valence-electron chi connectivity index (χ2n) is 10.4. The van der Waals surface area contributed by atoms with Crippen LogP contribution in [-0.2, 0) is 4.74 Å². The fourth-order valence-electron chi connectivity index (χ4n) is 5.69. The van der Waals surface area contributed by atoms with Crippen molar-refractivity contribution >= 4 is 41.7 Å². The summed E-state index contributed by atoms with van der Waals surface area (Å²) in [5.41, 5.74) is 1.08. The average molecular weight is 591 g/mol. The molecule has 0 spiro atoms. The van der Waals surface area contributed by atoms with Crippen molar-refractivity contribution in [2.24, 2.45) is 4.99 Å². The van der Waals surface area contributed by atoms with E-state index in [2.05, 4.69) is 75.2 Å². The van der Waals surface area contributed by atoms with Gasteiger partial charge in [-0.25, -0.2) is 9.98 Å². The summed E-state index contributed by atoms with van der Waals surface area (Å²) >= 11 is 6.57. The molecule has 1 aliphatic carbocycles. The van der Waals surface area contributed by atoms with Gasteiger partial charge < -0.3 is 19.4 Å². The van der Waals surface area contributed by atoms with E-state index in [0.29, 0.717) is 11.6 Å². The summed E-state index contributed by atoms with van der Waals surface area (Å²) in [6.07, 6.45) is 13.4. The van der Waals surface area contributed by atoms with E-state index in [-0.39, 0.29) is 12.0 Å². The Balaban J connectivity index is 0.000000972. The number of hydrogen-bond donors (Lipinski definition) is 0. The van der Waals surface area contributed by atoms with Gasteiger partial charge in [-0.2, -0.15) is 4.98 Å². The Kier molecular flexibility index (Phi) is 12.0. The molecule has 3 aliphatic heterocycles. The van der Waals surface area contributed by atoms with Crippen molar-refractivity contribution in [3.63, 3.8) is 0 Å². The van der Waals surface area contributed by atoms with Gasteiger partial charge in [0.25, 0.3) is 0 Å². The van der Waals surface area contributed by atoms with Crippen LogP contribution in [0.4, 0.5) is 11.8 Å². The molecule has 7 nitrogen and oxygen atoms in total. The molecule has 226 valence electrons. The van der Waals surface area contributed by atoms with Crippen LogP contribution in [0.5, 0.6) is 0 Å². The summed E-state index contributed by atoms with van der Waals surface area (Å²) in [5.74, 6) is 2.90. The molecule has 1 aromatic heterocycles. The quantitative estimate of drug-likeness (QED) is 0.472. The van der Waals surface area contributed by atoms with Gasteiger partial charge in [-0.3, -0.25) is 0 Å². The topological polar surface area (TPSA) is 57.1 Å². The highest BCUT2D eigenvalue weighted by Crippen LogP contribution is 2.30. The Bertz CT molecular complexity index is 1380. The highest BCUT2D eigenvalue weighted by Gasteiger charge is 2.29. The van der Waals surface area contributed by atoms with Crippen LogP contribution in [-0.4, -0.2) is 73.1 Å². The fraction of sp³-hybridized carbons (Fsp3) is 0.500. The van der Waals surface area contributed by atoms with Gasteiger partial charge in [-0.05, 0) is 36.3 Å². The van der Waals surface area contributed by atoms with Gasteiger partial charge in [-0.1, -0.05) is 81.8 Å². The monoisotopic (exact) mass is 590 g/mol. The molecule has 2 unspecified atom stereocenters. The molecule has 0 radical (unpaired) electrons. The standard InChI is InChI=1S/C30H35ClN6O.2C2H6/c1-22-21-36(29-26(31)9-4-5-12-32-29)14-15-37(22)28-20-27(25-11-10-23-7-2-3-8-24(23)19-25)33-30(34-28)35-13-6-17-38-18-16-35;2*1-2/h2-4,7-10,12,19-20,22,25H,5-6,11,13-18,21H2,1H3;2*1-2H3. The first-order valence-corrected chi connectivity index (χ1v) is 16.1. The van der Waals surface area contributed by atoms with Crippen LogP contribution in [0.2, 0.25) is 0 Å². The Morgan fingerprint density at radius 2 is 1.74 bits per heavy atom. The molecule has 4 aliphatic rings. The van der Waals surface area contributed by atoms with Gasteiger partial charge in [0.15, 0.2) is 0 Å². The largest absolute Gasteiger partial charge is 0.380 e. The van der Waals surface area contributed by atoms with Crippen molar-refractivity contribution < 1.29 is 4.74 Å². The lowest BCUT2D eigenvalue weighted by Crippen LogP contribution is -2.52. The van der Waals surface area contributed by atoms with Crippen LogP contribution in [0.15, 0.2) is 58.3 Å². The zero-order chi connectivity index (χ0) is 29.9. The summed E-state index contributed by atoms with van der Waals surface area (Å²) in [5, 5.41) is 3.29. The van der Waals surface area contributed by atoms with Crippen LogP contribution < -0.4 is 20.2 Å². The average Bonchev–Trinajstić information content (AvgIpc) is 3.45. The number of rotatable bonds is 4. The molecule has 2 atom stereocenters. The molecule has 0 bridgehead atoms. The van der Waals surface area contributed by atoms with Gasteiger partial charge in [0.2, 0.25) is 5.95 Å². The Hall–Kier alpha value is -3.16. The first-order chi connectivity index (χ1) is 20.7. The van der Waals surface area contributed by atoms with Gasteiger partial charge >= 0.3 is 0 Å². The van der Waals surface area contributed by atoms with Crippen LogP contribution in [0, 0.1) is 0 Å². The van der Waals surface area contributed by atoms with Crippen molar-refractivity contribution in [1.82, 2.24) is 14.9 Å². The van der Waals surface area contributed by atoms with E-state index in [1.54, 1.807) is 0 Å². The molecule has 2 fully saturated rings. The number of aliphatic imine (C=N–C) groups is 1. The highest BCUT2D eigenvalue weighted by atomic mass is 35.5. The second-order valence-corrected chi connectivity index (χ2v) is 10.8. The number of fused-ring (bicyclic) bond motifs is 1. The number of halogens is 1. The van der Waals surface area contributed by atoms with E-state index in [1.165, 1.54) is 10.4 Å². The summed E-state index contributed by atoms with van der Waals surface area (Å²) in [4.78, 5) is 21.9. The van der Waals surface area contributed by atoms with Crippen LogP contribution in [0.1, 0.15) is 65.5 Å². The number of nitrogens with zero attached hydrogens (tertiary/aromatic N) is 6. The summed E-state index contributed by atoms with van der Waals surface area (Å²) in [6, 6.07) is 11.1. The van der Waals surface area contributed by atoms with Crippen molar-refractivity contribution in [2.45, 2.75) is 65.8 Å². The molecule has 4 heterocycles. The van der Waals surface area contributed by atoms with E-state index in [1.807, 2.05) is 40.0 Å². The van der Waals surface area contributed by atoms with E-state index in [4.69, 9.17) is 26.3 Å². The molecule has 0 N–H and O–H groups in total. The zero-order valence-electron chi connectivity index (χ0n) is 26.0. The number of ether oxygens (including phenoxy) is 1. The lowest BCUT2D eigenvalue weighted by molar-refractivity contribution is 0.152.